The number of benzene rings is 2. The first-order valence-corrected chi connectivity index (χ1v) is 14.6. The molecule has 4 rings (SSSR count). The van der Waals surface area contributed by atoms with Crippen LogP contribution in [0, 0.1) is 5.92 Å². The Hall–Kier alpha value is -2.77. The van der Waals surface area contributed by atoms with Crippen LogP contribution in [-0.2, 0) is 16.1 Å². The second-order valence-corrected chi connectivity index (χ2v) is 11.7. The van der Waals surface area contributed by atoms with Gasteiger partial charge in [-0.3, -0.25) is 9.59 Å². The Morgan fingerprint density at radius 1 is 1.07 bits per heavy atom. The molecule has 1 unspecified atom stereocenters. The molecule has 8 heteroatoms. The minimum atomic E-state index is -0.953. The number of nitrogens with one attached hydrogen (secondary N) is 1. The zero-order chi connectivity index (χ0) is 28.0. The van der Waals surface area contributed by atoms with Crippen molar-refractivity contribution in [2.45, 2.75) is 65.5 Å². The highest BCUT2D eigenvalue weighted by atomic mass is 35.5. The Labute approximate surface area is 246 Å². The number of anilines is 1. The number of nitrogens with zero attached hydrogens (tertiary/aromatic N) is 3. The lowest BCUT2D eigenvalue weighted by Crippen LogP contribution is -2.54. The summed E-state index contributed by atoms with van der Waals surface area (Å²) in [6, 6.07) is 16.6. The number of piperazine rings is 1. The van der Waals surface area contributed by atoms with Gasteiger partial charge in [-0.2, -0.15) is 0 Å². The minimum absolute atomic E-state index is 0. The van der Waals surface area contributed by atoms with Crippen molar-refractivity contribution in [1.82, 2.24) is 15.1 Å². The largest absolute Gasteiger partial charge is 0.478 e. The first-order valence-electron chi connectivity index (χ1n) is 14.6. The molecule has 2 aromatic rings. The molecule has 2 aliphatic heterocycles. The quantitative estimate of drug-likeness (QED) is 0.455. The lowest BCUT2D eigenvalue weighted by atomic mass is 9.95. The zero-order valence-electron chi connectivity index (χ0n) is 24.8. The molecule has 0 aromatic heterocycles. The maximum Gasteiger partial charge on any atom is 0.266 e. The van der Waals surface area contributed by atoms with E-state index in [0.29, 0.717) is 44.4 Å². The van der Waals surface area contributed by atoms with Gasteiger partial charge in [-0.05, 0) is 62.8 Å². The van der Waals surface area contributed by atoms with Crippen LogP contribution < -0.4 is 15.0 Å². The van der Waals surface area contributed by atoms with Crippen LogP contribution in [-0.4, -0.2) is 73.0 Å². The molecule has 2 amide bonds. The third-order valence-electron chi connectivity index (χ3n) is 7.96. The molecule has 2 aliphatic rings. The Kier molecular flexibility index (Phi) is 11.3. The van der Waals surface area contributed by atoms with Gasteiger partial charge in [0.1, 0.15) is 5.75 Å². The minimum Gasteiger partial charge on any atom is -0.478 e. The van der Waals surface area contributed by atoms with Crippen LogP contribution in [0.15, 0.2) is 48.5 Å². The van der Waals surface area contributed by atoms with Gasteiger partial charge in [-0.1, -0.05) is 44.2 Å². The standard InChI is InChI=1S/C32H46N4O3.ClH/c1-6-34(22-25-12-14-26(15-13-25)24(2)3)30(37)27-9-8-18-36(23-27)28-10-7-11-29(21-28)39-32(4,5)31(38)35-19-16-33-17-20-35;/h7,10-15,21,24,27,33H,6,8-9,16-20,22-23H2,1-5H3;1H. The first-order chi connectivity index (χ1) is 18.7. The number of ether oxygens (including phenoxy) is 1. The van der Waals surface area contributed by atoms with E-state index in [0.717, 1.165) is 38.2 Å². The van der Waals surface area contributed by atoms with Gasteiger partial charge in [0.25, 0.3) is 5.91 Å². The van der Waals surface area contributed by atoms with Crippen LogP contribution in [0.4, 0.5) is 5.69 Å². The van der Waals surface area contributed by atoms with Crippen molar-refractivity contribution in [3.8, 4) is 5.75 Å². The second kappa shape index (κ2) is 14.2. The predicted molar refractivity (Wildman–Crippen MR) is 164 cm³/mol. The van der Waals surface area contributed by atoms with Crippen molar-refractivity contribution in [2.75, 3.05) is 50.7 Å². The van der Waals surface area contributed by atoms with Crippen LogP contribution in [0.3, 0.4) is 0 Å². The molecule has 1 atom stereocenters. The van der Waals surface area contributed by atoms with Crippen molar-refractivity contribution in [3.63, 3.8) is 0 Å². The summed E-state index contributed by atoms with van der Waals surface area (Å²) in [5, 5.41) is 3.29. The van der Waals surface area contributed by atoms with Gasteiger partial charge in [0.15, 0.2) is 5.60 Å². The molecular weight excluding hydrogens is 524 g/mol. The number of carbonyl (C=O) groups is 2. The Morgan fingerprint density at radius 3 is 2.42 bits per heavy atom. The number of amides is 2. The van der Waals surface area contributed by atoms with E-state index in [1.165, 1.54) is 11.1 Å². The number of hydrogen-bond acceptors (Lipinski definition) is 5. The van der Waals surface area contributed by atoms with Crippen LogP contribution in [0.25, 0.3) is 0 Å². The summed E-state index contributed by atoms with van der Waals surface area (Å²) in [7, 11) is 0. The SMILES string of the molecule is CCN(Cc1ccc(C(C)C)cc1)C(=O)C1CCCN(c2cccc(OC(C)(C)C(=O)N3CCNCC3)c2)C1.Cl. The third-order valence-corrected chi connectivity index (χ3v) is 7.96. The van der Waals surface area contributed by atoms with Crippen molar-refractivity contribution >= 4 is 29.9 Å². The van der Waals surface area contributed by atoms with E-state index in [-0.39, 0.29) is 30.1 Å². The number of carbonyl (C=O) groups excluding carboxylic acids is 2. The molecule has 0 radical (unpaired) electrons. The maximum atomic E-state index is 13.6. The molecule has 2 heterocycles. The summed E-state index contributed by atoms with van der Waals surface area (Å²) in [6.45, 7) is 16.1. The predicted octanol–water partition coefficient (Wildman–Crippen LogP) is 5.09. The van der Waals surface area contributed by atoms with E-state index in [9.17, 15) is 9.59 Å². The maximum absolute atomic E-state index is 13.6. The van der Waals surface area contributed by atoms with Crippen molar-refractivity contribution in [2.24, 2.45) is 5.92 Å². The fraction of sp³-hybridized carbons (Fsp3) is 0.562. The summed E-state index contributed by atoms with van der Waals surface area (Å²) in [4.78, 5) is 32.9. The monoisotopic (exact) mass is 570 g/mol. The summed E-state index contributed by atoms with van der Waals surface area (Å²) in [6.07, 6.45) is 1.87. The number of rotatable bonds is 9. The highest BCUT2D eigenvalue weighted by Crippen LogP contribution is 2.30. The van der Waals surface area contributed by atoms with Crippen LogP contribution in [0.5, 0.6) is 5.75 Å². The fourth-order valence-corrected chi connectivity index (χ4v) is 5.58. The Morgan fingerprint density at radius 2 is 1.77 bits per heavy atom. The molecule has 220 valence electrons. The van der Waals surface area contributed by atoms with E-state index in [4.69, 9.17) is 4.74 Å². The Balaban J connectivity index is 0.00000441. The zero-order valence-corrected chi connectivity index (χ0v) is 25.6. The molecule has 0 bridgehead atoms. The normalized spacial score (nSPS) is 17.8. The average molecular weight is 571 g/mol. The smallest absolute Gasteiger partial charge is 0.266 e. The molecule has 0 aliphatic carbocycles. The summed E-state index contributed by atoms with van der Waals surface area (Å²) in [5.74, 6) is 1.37. The van der Waals surface area contributed by atoms with E-state index in [1.54, 1.807) is 0 Å². The number of halogens is 1. The molecule has 2 aromatic carbocycles. The van der Waals surface area contributed by atoms with Crippen molar-refractivity contribution in [1.29, 1.82) is 0 Å². The van der Waals surface area contributed by atoms with Gasteiger partial charge < -0.3 is 24.8 Å². The van der Waals surface area contributed by atoms with Gasteiger partial charge in [0.2, 0.25) is 5.91 Å². The van der Waals surface area contributed by atoms with Gasteiger partial charge >= 0.3 is 0 Å². The van der Waals surface area contributed by atoms with Gasteiger partial charge in [-0.25, -0.2) is 0 Å². The molecule has 1 N–H and O–H groups in total. The average Bonchev–Trinajstić information content (AvgIpc) is 2.95. The van der Waals surface area contributed by atoms with E-state index in [2.05, 4.69) is 61.3 Å². The molecule has 2 saturated heterocycles. The molecular formula is C32H47ClN4O3. The molecule has 40 heavy (non-hydrogen) atoms. The molecule has 0 saturated carbocycles. The van der Waals surface area contributed by atoms with Crippen LogP contribution in [0.1, 0.15) is 64.5 Å². The number of hydrogen-bond donors (Lipinski definition) is 1. The Bertz CT molecular complexity index is 1120. The molecule has 2 fully saturated rings. The summed E-state index contributed by atoms with van der Waals surface area (Å²) in [5.41, 5.74) is 2.57. The molecule has 0 spiro atoms. The lowest BCUT2D eigenvalue weighted by molar-refractivity contribution is -0.146. The van der Waals surface area contributed by atoms with E-state index in [1.807, 2.05) is 41.8 Å². The third kappa shape index (κ3) is 7.91. The lowest BCUT2D eigenvalue weighted by Gasteiger charge is -2.37. The van der Waals surface area contributed by atoms with Gasteiger partial charge in [0, 0.05) is 64.1 Å². The second-order valence-electron chi connectivity index (χ2n) is 11.7. The first kappa shape index (κ1) is 31.8. The topological polar surface area (TPSA) is 65.1 Å². The summed E-state index contributed by atoms with van der Waals surface area (Å²) >= 11 is 0. The molecule has 7 nitrogen and oxygen atoms in total. The van der Waals surface area contributed by atoms with Gasteiger partial charge in [0.05, 0.1) is 5.92 Å². The fourth-order valence-electron chi connectivity index (χ4n) is 5.58. The van der Waals surface area contributed by atoms with E-state index >= 15 is 0 Å². The van der Waals surface area contributed by atoms with Crippen molar-refractivity contribution in [3.05, 3.63) is 59.7 Å². The van der Waals surface area contributed by atoms with Crippen molar-refractivity contribution < 1.29 is 14.3 Å². The highest BCUT2D eigenvalue weighted by Gasteiger charge is 2.35. The number of piperidine rings is 1. The van der Waals surface area contributed by atoms with Crippen LogP contribution in [0.2, 0.25) is 0 Å². The highest BCUT2D eigenvalue weighted by molar-refractivity contribution is 5.85. The van der Waals surface area contributed by atoms with Crippen LogP contribution >= 0.6 is 12.4 Å². The van der Waals surface area contributed by atoms with Gasteiger partial charge in [-0.15, -0.1) is 12.4 Å². The van der Waals surface area contributed by atoms with E-state index < -0.39 is 5.60 Å². The summed E-state index contributed by atoms with van der Waals surface area (Å²) < 4.78 is 6.25.